The molecule has 2 aromatic heterocycles. The highest BCUT2D eigenvalue weighted by Gasteiger charge is 2.45. The maximum absolute atomic E-state index is 13.6. The Morgan fingerprint density at radius 1 is 0.941 bits per heavy atom. The molecular weight excluding hydrogens is 428 g/mol. The number of nitrogens with zero attached hydrogens (tertiary/aromatic N) is 4. The number of hydrogen-bond acceptors (Lipinski definition) is 4. The summed E-state index contributed by atoms with van der Waals surface area (Å²) in [6.45, 7) is 4.15. The molecule has 3 amide bonds. The van der Waals surface area contributed by atoms with Crippen molar-refractivity contribution >= 4 is 17.6 Å². The normalized spacial score (nSPS) is 18.2. The molecule has 5 rings (SSSR count). The minimum Gasteiger partial charge on any atom is -0.338 e. The first-order valence-electron chi connectivity index (χ1n) is 12.2. The average Bonchev–Trinajstić information content (AvgIpc) is 3.51. The summed E-state index contributed by atoms with van der Waals surface area (Å²) >= 11 is 0. The molecule has 0 bridgehead atoms. The summed E-state index contributed by atoms with van der Waals surface area (Å²) in [7, 11) is 0. The van der Waals surface area contributed by atoms with Gasteiger partial charge in [0.15, 0.2) is 0 Å². The number of hydrogen-bond donors (Lipinski definition) is 2. The molecule has 1 saturated heterocycles. The Bertz CT molecular complexity index is 1100. The second-order valence-electron chi connectivity index (χ2n) is 9.35. The SMILES string of the molecule is O=C(NCc1ccccc1)NC1(C(=O)N2CCN(Cc3cn4ccccc4n3)CC2)CCCC1. The highest BCUT2D eigenvalue weighted by atomic mass is 16.2. The summed E-state index contributed by atoms with van der Waals surface area (Å²) in [5.74, 6) is 0.0623. The van der Waals surface area contributed by atoms with Gasteiger partial charge in [-0.3, -0.25) is 9.69 Å². The quantitative estimate of drug-likeness (QED) is 0.593. The third-order valence-corrected chi connectivity index (χ3v) is 6.97. The molecule has 8 nitrogen and oxygen atoms in total. The van der Waals surface area contributed by atoms with Gasteiger partial charge in [-0.1, -0.05) is 49.2 Å². The van der Waals surface area contributed by atoms with Crippen molar-refractivity contribution in [3.63, 3.8) is 0 Å². The monoisotopic (exact) mass is 460 g/mol. The molecule has 0 spiro atoms. The zero-order chi connectivity index (χ0) is 23.4. The molecular formula is C26H32N6O2. The van der Waals surface area contributed by atoms with Gasteiger partial charge >= 0.3 is 6.03 Å². The Labute approximate surface area is 200 Å². The van der Waals surface area contributed by atoms with E-state index in [-0.39, 0.29) is 11.9 Å². The number of carbonyl (C=O) groups excluding carboxylic acids is 2. The molecule has 3 heterocycles. The van der Waals surface area contributed by atoms with Crippen molar-refractivity contribution in [2.45, 2.75) is 44.3 Å². The van der Waals surface area contributed by atoms with E-state index in [0.717, 1.165) is 49.4 Å². The number of amides is 3. The maximum Gasteiger partial charge on any atom is 0.315 e. The molecule has 2 aliphatic rings. The number of carbonyl (C=O) groups is 2. The number of piperazine rings is 1. The van der Waals surface area contributed by atoms with Crippen LogP contribution in [0.4, 0.5) is 4.79 Å². The van der Waals surface area contributed by atoms with E-state index in [0.29, 0.717) is 32.5 Å². The first kappa shape index (κ1) is 22.4. The Morgan fingerprint density at radius 3 is 2.41 bits per heavy atom. The second kappa shape index (κ2) is 9.85. The Kier molecular flexibility index (Phi) is 6.49. The standard InChI is InChI=1S/C26H32N6O2/c33-24(26(11-5-6-12-26)29-25(34)27-18-21-8-2-1-3-9-21)31-16-14-30(15-17-31)19-22-20-32-13-7-4-10-23(32)28-22/h1-4,7-10,13,20H,5-6,11-12,14-19H2,(H2,27,29,34). The fourth-order valence-corrected chi connectivity index (χ4v) is 5.11. The van der Waals surface area contributed by atoms with Crippen LogP contribution in [-0.4, -0.2) is 62.8 Å². The number of nitrogens with one attached hydrogen (secondary N) is 2. The van der Waals surface area contributed by atoms with Crippen LogP contribution in [-0.2, 0) is 17.9 Å². The number of urea groups is 1. The molecule has 1 aliphatic heterocycles. The van der Waals surface area contributed by atoms with Gasteiger partial charge < -0.3 is 19.9 Å². The van der Waals surface area contributed by atoms with E-state index in [4.69, 9.17) is 4.98 Å². The number of fused-ring (bicyclic) bond motifs is 1. The molecule has 8 heteroatoms. The molecule has 0 unspecified atom stereocenters. The second-order valence-corrected chi connectivity index (χ2v) is 9.35. The molecule has 2 N–H and O–H groups in total. The summed E-state index contributed by atoms with van der Waals surface area (Å²) in [5, 5.41) is 5.97. The Hall–Kier alpha value is -3.39. The number of benzene rings is 1. The van der Waals surface area contributed by atoms with Gasteiger partial charge in [0.2, 0.25) is 5.91 Å². The molecule has 0 radical (unpaired) electrons. The van der Waals surface area contributed by atoms with Gasteiger partial charge in [-0.05, 0) is 30.5 Å². The van der Waals surface area contributed by atoms with Gasteiger partial charge in [0.25, 0.3) is 0 Å². The van der Waals surface area contributed by atoms with Gasteiger partial charge in [-0.25, -0.2) is 9.78 Å². The van der Waals surface area contributed by atoms with E-state index in [1.165, 1.54) is 0 Å². The van der Waals surface area contributed by atoms with Crippen molar-refractivity contribution in [1.82, 2.24) is 29.8 Å². The van der Waals surface area contributed by atoms with Crippen LogP contribution in [0.15, 0.2) is 60.9 Å². The molecule has 3 aromatic rings. The van der Waals surface area contributed by atoms with Crippen LogP contribution in [0, 0.1) is 0 Å². The molecule has 1 aromatic carbocycles. The summed E-state index contributed by atoms with van der Waals surface area (Å²) < 4.78 is 2.04. The minimum absolute atomic E-state index is 0.0623. The van der Waals surface area contributed by atoms with Gasteiger partial charge in [0.05, 0.1) is 5.69 Å². The largest absolute Gasteiger partial charge is 0.338 e. The van der Waals surface area contributed by atoms with Crippen LogP contribution < -0.4 is 10.6 Å². The fourth-order valence-electron chi connectivity index (χ4n) is 5.11. The van der Waals surface area contributed by atoms with Crippen LogP contribution in [0.5, 0.6) is 0 Å². The third kappa shape index (κ3) is 4.92. The molecule has 1 saturated carbocycles. The van der Waals surface area contributed by atoms with Crippen molar-refractivity contribution in [1.29, 1.82) is 0 Å². The number of aromatic nitrogens is 2. The minimum atomic E-state index is -0.787. The zero-order valence-electron chi connectivity index (χ0n) is 19.4. The van der Waals surface area contributed by atoms with Crippen LogP contribution in [0.1, 0.15) is 36.9 Å². The lowest BCUT2D eigenvalue weighted by Crippen LogP contribution is -2.62. The fraction of sp³-hybridized carbons (Fsp3) is 0.423. The average molecular weight is 461 g/mol. The topological polar surface area (TPSA) is 82.0 Å². The van der Waals surface area contributed by atoms with Crippen LogP contribution in [0.25, 0.3) is 5.65 Å². The van der Waals surface area contributed by atoms with Crippen molar-refractivity contribution in [3.8, 4) is 0 Å². The van der Waals surface area contributed by atoms with Crippen LogP contribution in [0.2, 0.25) is 0 Å². The van der Waals surface area contributed by atoms with Crippen molar-refractivity contribution in [2.75, 3.05) is 26.2 Å². The van der Waals surface area contributed by atoms with Crippen molar-refractivity contribution in [3.05, 3.63) is 72.2 Å². The number of imidazole rings is 1. The van der Waals surface area contributed by atoms with Crippen LogP contribution >= 0.6 is 0 Å². The summed E-state index contributed by atoms with van der Waals surface area (Å²) in [4.78, 5) is 35.2. The van der Waals surface area contributed by atoms with Crippen molar-refractivity contribution in [2.24, 2.45) is 0 Å². The summed E-state index contributed by atoms with van der Waals surface area (Å²) in [6, 6.07) is 15.5. The smallest absolute Gasteiger partial charge is 0.315 e. The zero-order valence-corrected chi connectivity index (χ0v) is 19.4. The predicted molar refractivity (Wildman–Crippen MR) is 130 cm³/mol. The van der Waals surface area contributed by atoms with E-state index in [1.54, 1.807) is 0 Å². The highest BCUT2D eigenvalue weighted by Crippen LogP contribution is 2.32. The maximum atomic E-state index is 13.6. The molecule has 0 atom stereocenters. The lowest BCUT2D eigenvalue weighted by atomic mass is 9.95. The van der Waals surface area contributed by atoms with E-state index in [2.05, 4.69) is 21.7 Å². The predicted octanol–water partition coefficient (Wildman–Crippen LogP) is 2.79. The van der Waals surface area contributed by atoms with Gasteiger partial charge in [0, 0.05) is 51.7 Å². The van der Waals surface area contributed by atoms with E-state index < -0.39 is 5.54 Å². The Morgan fingerprint density at radius 2 is 1.68 bits per heavy atom. The summed E-state index contributed by atoms with van der Waals surface area (Å²) in [5.41, 5.74) is 2.23. The van der Waals surface area contributed by atoms with Gasteiger partial charge in [0.1, 0.15) is 11.2 Å². The summed E-state index contributed by atoms with van der Waals surface area (Å²) in [6.07, 6.45) is 7.39. The first-order valence-corrected chi connectivity index (χ1v) is 12.2. The first-order chi connectivity index (χ1) is 16.6. The lowest BCUT2D eigenvalue weighted by molar-refractivity contribution is -0.139. The van der Waals surface area contributed by atoms with E-state index >= 15 is 0 Å². The number of pyridine rings is 1. The molecule has 178 valence electrons. The van der Waals surface area contributed by atoms with E-state index in [1.807, 2.05) is 64.0 Å². The molecule has 2 fully saturated rings. The highest BCUT2D eigenvalue weighted by molar-refractivity contribution is 5.91. The molecule has 34 heavy (non-hydrogen) atoms. The third-order valence-electron chi connectivity index (χ3n) is 6.97. The lowest BCUT2D eigenvalue weighted by Gasteiger charge is -2.40. The van der Waals surface area contributed by atoms with Crippen LogP contribution in [0.3, 0.4) is 0 Å². The van der Waals surface area contributed by atoms with Crippen molar-refractivity contribution < 1.29 is 9.59 Å². The van der Waals surface area contributed by atoms with Gasteiger partial charge in [-0.2, -0.15) is 0 Å². The Balaban J connectivity index is 1.16. The number of rotatable bonds is 6. The van der Waals surface area contributed by atoms with Gasteiger partial charge in [-0.15, -0.1) is 0 Å². The molecule has 1 aliphatic carbocycles. The van der Waals surface area contributed by atoms with E-state index in [9.17, 15) is 9.59 Å².